The van der Waals surface area contributed by atoms with Crippen LogP contribution in [0.3, 0.4) is 0 Å². The van der Waals surface area contributed by atoms with Crippen molar-refractivity contribution in [1.29, 1.82) is 0 Å². The Morgan fingerprint density at radius 1 is 1.38 bits per heavy atom. The van der Waals surface area contributed by atoms with Crippen molar-refractivity contribution >= 4 is 35.3 Å². The summed E-state index contributed by atoms with van der Waals surface area (Å²) in [5, 5.41) is 15.0. The van der Waals surface area contributed by atoms with Crippen molar-refractivity contribution in [2.45, 2.75) is 44.1 Å². The van der Waals surface area contributed by atoms with E-state index in [4.69, 9.17) is 23.2 Å². The van der Waals surface area contributed by atoms with Crippen LogP contribution in [0.5, 0.6) is 0 Å². The zero-order valence-electron chi connectivity index (χ0n) is 11.6. The molecule has 114 valence electrons. The summed E-state index contributed by atoms with van der Waals surface area (Å²) in [6.07, 6.45) is 5.85. The summed E-state index contributed by atoms with van der Waals surface area (Å²) in [6.45, 7) is 0. The van der Waals surface area contributed by atoms with Crippen LogP contribution in [0.1, 0.15) is 44.1 Å². The highest BCUT2D eigenvalue weighted by molar-refractivity contribution is 6.36. The largest absolute Gasteiger partial charge is 0.390 e. The number of carbonyl (C=O) groups excluding carboxylic acids is 1. The molecule has 1 amide bonds. The van der Waals surface area contributed by atoms with Crippen LogP contribution >= 0.6 is 23.2 Å². The number of hydrazone groups is 1. The molecule has 0 heterocycles. The lowest BCUT2D eigenvalue weighted by molar-refractivity contribution is -0.122. The molecule has 2 N–H and O–H groups in total. The summed E-state index contributed by atoms with van der Waals surface area (Å²) < 4.78 is 0. The van der Waals surface area contributed by atoms with Gasteiger partial charge in [0.05, 0.1) is 16.8 Å². The SMILES string of the molecule is O=C(CCC1(O)CCCC1)N/N=C/c1ccc(Cl)cc1Cl. The predicted molar refractivity (Wildman–Crippen MR) is 84.9 cm³/mol. The van der Waals surface area contributed by atoms with Crippen molar-refractivity contribution in [3.05, 3.63) is 33.8 Å². The Morgan fingerprint density at radius 2 is 2.10 bits per heavy atom. The number of hydrogen-bond donors (Lipinski definition) is 2. The van der Waals surface area contributed by atoms with E-state index in [1.807, 2.05) is 0 Å². The Bertz CT molecular complexity index is 540. The maximum atomic E-state index is 11.7. The molecule has 0 unspecified atom stereocenters. The van der Waals surface area contributed by atoms with Crippen LogP contribution in [0.25, 0.3) is 0 Å². The number of carbonyl (C=O) groups is 1. The Hall–Kier alpha value is -1.10. The molecule has 1 saturated carbocycles. The summed E-state index contributed by atoms with van der Waals surface area (Å²) in [4.78, 5) is 11.7. The molecule has 6 heteroatoms. The fourth-order valence-electron chi connectivity index (χ4n) is 2.47. The van der Waals surface area contributed by atoms with E-state index < -0.39 is 5.60 Å². The molecule has 1 fully saturated rings. The molecule has 0 aliphatic heterocycles. The van der Waals surface area contributed by atoms with Crippen LogP contribution in [0.4, 0.5) is 0 Å². The van der Waals surface area contributed by atoms with Gasteiger partial charge in [-0.3, -0.25) is 4.79 Å². The molecule has 0 bridgehead atoms. The topological polar surface area (TPSA) is 61.7 Å². The van der Waals surface area contributed by atoms with Gasteiger partial charge in [-0.1, -0.05) is 42.1 Å². The Balaban J connectivity index is 1.79. The third kappa shape index (κ3) is 4.99. The van der Waals surface area contributed by atoms with Gasteiger partial charge in [0.2, 0.25) is 5.91 Å². The molecule has 2 rings (SSSR count). The number of nitrogens with zero attached hydrogens (tertiary/aromatic N) is 1. The third-order valence-corrected chi connectivity index (χ3v) is 4.27. The van der Waals surface area contributed by atoms with E-state index in [2.05, 4.69) is 10.5 Å². The van der Waals surface area contributed by atoms with Gasteiger partial charge in [0.1, 0.15) is 0 Å². The summed E-state index contributed by atoms with van der Waals surface area (Å²) in [5.41, 5.74) is 2.45. The second-order valence-corrected chi connectivity index (χ2v) is 6.23. The smallest absolute Gasteiger partial charge is 0.240 e. The number of aliphatic hydroxyl groups is 1. The summed E-state index contributed by atoms with van der Waals surface area (Å²) in [6, 6.07) is 5.04. The fourth-order valence-corrected chi connectivity index (χ4v) is 2.92. The summed E-state index contributed by atoms with van der Waals surface area (Å²) >= 11 is 11.8. The van der Waals surface area contributed by atoms with Crippen LogP contribution in [-0.4, -0.2) is 22.8 Å². The van der Waals surface area contributed by atoms with Gasteiger partial charge in [0, 0.05) is 17.0 Å². The molecule has 0 aromatic heterocycles. The van der Waals surface area contributed by atoms with Crippen molar-refractivity contribution < 1.29 is 9.90 Å². The van der Waals surface area contributed by atoms with Gasteiger partial charge >= 0.3 is 0 Å². The quantitative estimate of drug-likeness (QED) is 0.641. The van der Waals surface area contributed by atoms with Crippen LogP contribution < -0.4 is 5.43 Å². The third-order valence-electron chi connectivity index (χ3n) is 3.71. The fraction of sp³-hybridized carbons (Fsp3) is 0.467. The monoisotopic (exact) mass is 328 g/mol. The highest BCUT2D eigenvalue weighted by Gasteiger charge is 2.31. The van der Waals surface area contributed by atoms with Crippen molar-refractivity contribution in [2.24, 2.45) is 5.10 Å². The maximum absolute atomic E-state index is 11.7. The first kappa shape index (κ1) is 16.3. The minimum Gasteiger partial charge on any atom is -0.390 e. The lowest BCUT2D eigenvalue weighted by Gasteiger charge is -2.20. The normalized spacial score (nSPS) is 17.3. The van der Waals surface area contributed by atoms with E-state index in [1.165, 1.54) is 6.21 Å². The first-order valence-corrected chi connectivity index (χ1v) is 7.73. The number of nitrogens with one attached hydrogen (secondary N) is 1. The summed E-state index contributed by atoms with van der Waals surface area (Å²) in [5.74, 6) is -0.211. The van der Waals surface area contributed by atoms with Crippen LogP contribution in [-0.2, 0) is 4.79 Å². The highest BCUT2D eigenvalue weighted by atomic mass is 35.5. The first-order chi connectivity index (χ1) is 9.98. The molecule has 21 heavy (non-hydrogen) atoms. The van der Waals surface area contributed by atoms with E-state index >= 15 is 0 Å². The second-order valence-electron chi connectivity index (χ2n) is 5.39. The van der Waals surface area contributed by atoms with Crippen LogP contribution in [0.15, 0.2) is 23.3 Å². The predicted octanol–water partition coefficient (Wildman–Crippen LogP) is 3.53. The molecule has 1 aromatic rings. The second kappa shape index (κ2) is 7.25. The molecule has 4 nitrogen and oxygen atoms in total. The average molecular weight is 329 g/mol. The van der Waals surface area contributed by atoms with Gasteiger partial charge in [0.25, 0.3) is 0 Å². The van der Waals surface area contributed by atoms with Gasteiger partial charge in [-0.05, 0) is 31.4 Å². The van der Waals surface area contributed by atoms with Gasteiger partial charge < -0.3 is 5.11 Å². The zero-order valence-corrected chi connectivity index (χ0v) is 13.1. The van der Waals surface area contributed by atoms with Crippen molar-refractivity contribution in [1.82, 2.24) is 5.43 Å². The molecule has 1 aromatic carbocycles. The number of hydrogen-bond acceptors (Lipinski definition) is 3. The van der Waals surface area contributed by atoms with Crippen molar-refractivity contribution in [2.75, 3.05) is 0 Å². The molecule has 1 aliphatic rings. The Kier molecular flexibility index (Phi) is 5.62. The molecular weight excluding hydrogens is 311 g/mol. The van der Waals surface area contributed by atoms with E-state index in [9.17, 15) is 9.90 Å². The van der Waals surface area contributed by atoms with E-state index in [1.54, 1.807) is 18.2 Å². The Morgan fingerprint density at radius 3 is 2.76 bits per heavy atom. The molecule has 1 aliphatic carbocycles. The molecule has 0 saturated heterocycles. The van der Waals surface area contributed by atoms with Gasteiger partial charge in [0.15, 0.2) is 0 Å². The first-order valence-electron chi connectivity index (χ1n) is 6.98. The van der Waals surface area contributed by atoms with Crippen LogP contribution in [0.2, 0.25) is 10.0 Å². The summed E-state index contributed by atoms with van der Waals surface area (Å²) in [7, 11) is 0. The number of amides is 1. The molecular formula is C15H18Cl2N2O2. The number of rotatable bonds is 5. The van der Waals surface area contributed by atoms with Gasteiger partial charge in [-0.2, -0.15) is 5.10 Å². The highest BCUT2D eigenvalue weighted by Crippen LogP contribution is 2.33. The lowest BCUT2D eigenvalue weighted by Crippen LogP contribution is -2.27. The van der Waals surface area contributed by atoms with Gasteiger partial charge in [-0.25, -0.2) is 5.43 Å². The zero-order chi connectivity index (χ0) is 15.3. The molecule has 0 atom stereocenters. The van der Waals surface area contributed by atoms with Gasteiger partial charge in [-0.15, -0.1) is 0 Å². The minimum absolute atomic E-state index is 0.211. The number of benzene rings is 1. The van der Waals surface area contributed by atoms with E-state index in [-0.39, 0.29) is 12.3 Å². The van der Waals surface area contributed by atoms with E-state index in [0.29, 0.717) is 22.0 Å². The standard InChI is InChI=1S/C15H18Cl2N2O2/c16-12-4-3-11(13(17)9-12)10-18-19-14(20)5-8-15(21)6-1-2-7-15/h3-4,9-10,21H,1-2,5-8H2,(H,19,20)/b18-10+. The van der Waals surface area contributed by atoms with Crippen molar-refractivity contribution in [3.63, 3.8) is 0 Å². The van der Waals surface area contributed by atoms with Crippen LogP contribution in [0, 0.1) is 0 Å². The number of halogens is 2. The maximum Gasteiger partial charge on any atom is 0.240 e. The Labute approximate surface area is 134 Å². The molecule has 0 spiro atoms. The lowest BCUT2D eigenvalue weighted by atomic mass is 9.96. The average Bonchev–Trinajstić information content (AvgIpc) is 2.86. The minimum atomic E-state index is -0.666. The molecule has 0 radical (unpaired) electrons. The van der Waals surface area contributed by atoms with E-state index in [0.717, 1.165) is 25.7 Å². The van der Waals surface area contributed by atoms with Crippen molar-refractivity contribution in [3.8, 4) is 0 Å².